The highest BCUT2D eigenvalue weighted by Crippen LogP contribution is 2.26. The zero-order valence-electron chi connectivity index (χ0n) is 12.2. The van der Waals surface area contributed by atoms with Crippen molar-refractivity contribution in [2.45, 2.75) is 20.8 Å². The standard InChI is InChI=1S/C14H15NO2.C2H6/c1-10-4-5-11(8-13(10)16-2)12-6-7-14(17-3)15-9-12;1-2/h4-9H,1-3H3;1-2H3. The molecule has 0 bridgehead atoms. The van der Waals surface area contributed by atoms with Crippen molar-refractivity contribution in [2.24, 2.45) is 0 Å². The Hall–Kier alpha value is -2.03. The number of hydrogen-bond acceptors (Lipinski definition) is 3. The molecule has 0 amide bonds. The number of aryl methyl sites for hydroxylation is 1. The van der Waals surface area contributed by atoms with Crippen molar-refractivity contribution >= 4 is 0 Å². The van der Waals surface area contributed by atoms with Crippen LogP contribution in [0, 0.1) is 6.92 Å². The Bertz CT molecular complexity index is 507. The van der Waals surface area contributed by atoms with E-state index in [-0.39, 0.29) is 0 Å². The first-order chi connectivity index (χ1) is 9.24. The minimum absolute atomic E-state index is 0.618. The maximum Gasteiger partial charge on any atom is 0.212 e. The summed E-state index contributed by atoms with van der Waals surface area (Å²) in [5.41, 5.74) is 3.25. The van der Waals surface area contributed by atoms with Crippen LogP contribution < -0.4 is 9.47 Å². The Kier molecular flexibility index (Phi) is 5.86. The summed E-state index contributed by atoms with van der Waals surface area (Å²) in [4.78, 5) is 4.19. The SMILES string of the molecule is CC.COc1ccc(-c2ccc(C)c(OC)c2)cn1. The van der Waals surface area contributed by atoms with Crippen LogP contribution in [0.5, 0.6) is 11.6 Å². The van der Waals surface area contributed by atoms with Crippen molar-refractivity contribution in [2.75, 3.05) is 14.2 Å². The van der Waals surface area contributed by atoms with Crippen molar-refractivity contribution in [3.8, 4) is 22.8 Å². The first-order valence-corrected chi connectivity index (χ1v) is 6.39. The predicted octanol–water partition coefficient (Wildman–Crippen LogP) is 4.10. The number of pyridine rings is 1. The van der Waals surface area contributed by atoms with Crippen molar-refractivity contribution in [3.63, 3.8) is 0 Å². The van der Waals surface area contributed by atoms with Gasteiger partial charge in [0, 0.05) is 17.8 Å². The average Bonchev–Trinajstić information content (AvgIpc) is 2.50. The summed E-state index contributed by atoms with van der Waals surface area (Å²) in [5.74, 6) is 1.51. The number of nitrogens with zero attached hydrogens (tertiary/aromatic N) is 1. The molecule has 0 saturated heterocycles. The summed E-state index contributed by atoms with van der Waals surface area (Å²) in [6, 6.07) is 9.94. The van der Waals surface area contributed by atoms with Crippen LogP contribution in [0.1, 0.15) is 19.4 Å². The largest absolute Gasteiger partial charge is 0.496 e. The number of aromatic nitrogens is 1. The molecule has 3 nitrogen and oxygen atoms in total. The second-order valence-electron chi connectivity index (χ2n) is 3.77. The lowest BCUT2D eigenvalue weighted by Gasteiger charge is -2.08. The second kappa shape index (κ2) is 7.41. The molecule has 2 aromatic rings. The van der Waals surface area contributed by atoms with E-state index in [2.05, 4.69) is 11.1 Å². The molecular weight excluding hydrogens is 238 g/mol. The van der Waals surface area contributed by atoms with Crippen molar-refractivity contribution in [3.05, 3.63) is 42.1 Å². The molecule has 1 heterocycles. The zero-order valence-corrected chi connectivity index (χ0v) is 12.2. The van der Waals surface area contributed by atoms with Gasteiger partial charge in [-0.25, -0.2) is 4.98 Å². The lowest BCUT2D eigenvalue weighted by Crippen LogP contribution is -1.89. The van der Waals surface area contributed by atoms with E-state index in [1.165, 1.54) is 0 Å². The minimum atomic E-state index is 0.618. The maximum absolute atomic E-state index is 5.31. The number of hydrogen-bond donors (Lipinski definition) is 0. The molecule has 0 fully saturated rings. The second-order valence-corrected chi connectivity index (χ2v) is 3.77. The van der Waals surface area contributed by atoms with Crippen molar-refractivity contribution in [1.29, 1.82) is 0 Å². The first kappa shape index (κ1) is 15.0. The average molecular weight is 259 g/mol. The van der Waals surface area contributed by atoms with Gasteiger partial charge in [-0.2, -0.15) is 0 Å². The summed E-state index contributed by atoms with van der Waals surface area (Å²) in [5, 5.41) is 0. The number of rotatable bonds is 3. The molecule has 0 atom stereocenters. The summed E-state index contributed by atoms with van der Waals surface area (Å²) in [6.45, 7) is 6.02. The molecular formula is C16H21NO2. The minimum Gasteiger partial charge on any atom is -0.496 e. The van der Waals surface area contributed by atoms with E-state index in [9.17, 15) is 0 Å². The smallest absolute Gasteiger partial charge is 0.212 e. The van der Waals surface area contributed by atoms with Gasteiger partial charge in [-0.1, -0.05) is 26.0 Å². The highest BCUT2D eigenvalue weighted by Gasteiger charge is 2.03. The summed E-state index contributed by atoms with van der Waals surface area (Å²) in [7, 11) is 3.29. The third kappa shape index (κ3) is 3.71. The molecule has 0 aliphatic heterocycles. The van der Waals surface area contributed by atoms with Crippen LogP contribution >= 0.6 is 0 Å². The van der Waals surface area contributed by atoms with Crippen LogP contribution in [0.2, 0.25) is 0 Å². The lowest BCUT2D eigenvalue weighted by molar-refractivity contribution is 0.398. The van der Waals surface area contributed by atoms with E-state index >= 15 is 0 Å². The van der Waals surface area contributed by atoms with E-state index in [4.69, 9.17) is 9.47 Å². The van der Waals surface area contributed by atoms with Crippen molar-refractivity contribution < 1.29 is 9.47 Å². The van der Waals surface area contributed by atoms with E-state index in [0.29, 0.717) is 5.88 Å². The molecule has 0 unspecified atom stereocenters. The lowest BCUT2D eigenvalue weighted by atomic mass is 10.1. The van der Waals surface area contributed by atoms with E-state index in [1.807, 2.05) is 45.0 Å². The van der Waals surface area contributed by atoms with Crippen LogP contribution in [0.3, 0.4) is 0 Å². The van der Waals surface area contributed by atoms with Gasteiger partial charge in [-0.3, -0.25) is 0 Å². The Balaban J connectivity index is 0.000000861. The molecule has 0 aliphatic rings. The summed E-state index contributed by atoms with van der Waals surface area (Å²) >= 11 is 0. The number of benzene rings is 1. The summed E-state index contributed by atoms with van der Waals surface area (Å²) < 4.78 is 10.3. The molecule has 0 saturated carbocycles. The summed E-state index contributed by atoms with van der Waals surface area (Å²) in [6.07, 6.45) is 1.79. The molecule has 1 aromatic heterocycles. The van der Waals surface area contributed by atoms with Gasteiger partial charge in [-0.05, 0) is 30.2 Å². The Morgan fingerprint density at radius 1 is 0.895 bits per heavy atom. The monoisotopic (exact) mass is 259 g/mol. The molecule has 0 N–H and O–H groups in total. The highest BCUT2D eigenvalue weighted by molar-refractivity contribution is 5.65. The van der Waals surface area contributed by atoms with Crippen molar-refractivity contribution in [1.82, 2.24) is 4.98 Å². The third-order valence-corrected chi connectivity index (χ3v) is 2.69. The Morgan fingerprint density at radius 2 is 1.58 bits per heavy atom. The van der Waals surface area contributed by atoms with Gasteiger partial charge in [0.2, 0.25) is 5.88 Å². The van der Waals surface area contributed by atoms with Crippen LogP contribution in [0.4, 0.5) is 0 Å². The van der Waals surface area contributed by atoms with Gasteiger partial charge >= 0.3 is 0 Å². The normalized spacial score (nSPS) is 9.32. The van der Waals surface area contributed by atoms with E-state index in [0.717, 1.165) is 22.4 Å². The molecule has 3 heteroatoms. The molecule has 0 radical (unpaired) electrons. The number of ether oxygens (including phenoxy) is 2. The third-order valence-electron chi connectivity index (χ3n) is 2.69. The molecule has 19 heavy (non-hydrogen) atoms. The fraction of sp³-hybridized carbons (Fsp3) is 0.312. The van der Waals surface area contributed by atoms with Crippen LogP contribution in [0.25, 0.3) is 11.1 Å². The van der Waals surface area contributed by atoms with E-state index in [1.54, 1.807) is 20.4 Å². The first-order valence-electron chi connectivity index (χ1n) is 6.39. The topological polar surface area (TPSA) is 31.4 Å². The van der Waals surface area contributed by atoms with E-state index < -0.39 is 0 Å². The fourth-order valence-electron chi connectivity index (χ4n) is 1.67. The Morgan fingerprint density at radius 3 is 2.11 bits per heavy atom. The zero-order chi connectivity index (χ0) is 14.3. The van der Waals surface area contributed by atoms with Gasteiger partial charge in [-0.15, -0.1) is 0 Å². The predicted molar refractivity (Wildman–Crippen MR) is 78.9 cm³/mol. The molecule has 2 rings (SSSR count). The van der Waals surface area contributed by atoms with Gasteiger partial charge in [0.05, 0.1) is 14.2 Å². The van der Waals surface area contributed by atoms with Gasteiger partial charge < -0.3 is 9.47 Å². The van der Waals surface area contributed by atoms with Crippen LogP contribution in [0.15, 0.2) is 36.5 Å². The maximum atomic E-state index is 5.31. The number of methoxy groups -OCH3 is 2. The fourth-order valence-corrected chi connectivity index (χ4v) is 1.67. The van der Waals surface area contributed by atoms with Gasteiger partial charge in [0.15, 0.2) is 0 Å². The molecule has 102 valence electrons. The van der Waals surface area contributed by atoms with Crippen LogP contribution in [-0.4, -0.2) is 19.2 Å². The molecule has 0 spiro atoms. The highest BCUT2D eigenvalue weighted by atomic mass is 16.5. The van der Waals surface area contributed by atoms with Gasteiger partial charge in [0.1, 0.15) is 5.75 Å². The van der Waals surface area contributed by atoms with Gasteiger partial charge in [0.25, 0.3) is 0 Å². The quantitative estimate of drug-likeness (QED) is 0.831. The molecule has 1 aromatic carbocycles. The van der Waals surface area contributed by atoms with Crippen LogP contribution in [-0.2, 0) is 0 Å². The Labute approximate surface area is 115 Å². The molecule has 0 aliphatic carbocycles.